The molecule has 0 bridgehead atoms. The molecule has 0 aliphatic carbocycles. The standard InChI is InChI=1S/C14H18F2N2O/c1-9-5-3-2-4-6-18(9)14(19)10-7-11(15)12(16)8-13(10)17/h7-9H,2-6,17H2,1H3. The van der Waals surface area contributed by atoms with Gasteiger partial charge in [-0.3, -0.25) is 4.79 Å². The van der Waals surface area contributed by atoms with E-state index in [1.54, 1.807) is 4.90 Å². The lowest BCUT2D eigenvalue weighted by molar-refractivity contribution is 0.0698. The van der Waals surface area contributed by atoms with Crippen molar-refractivity contribution in [1.29, 1.82) is 0 Å². The van der Waals surface area contributed by atoms with E-state index in [0.717, 1.165) is 37.8 Å². The molecule has 5 heteroatoms. The highest BCUT2D eigenvalue weighted by Gasteiger charge is 2.25. The first-order chi connectivity index (χ1) is 9.00. The Morgan fingerprint density at radius 2 is 1.95 bits per heavy atom. The first kappa shape index (κ1) is 13.8. The quantitative estimate of drug-likeness (QED) is 0.796. The molecule has 2 N–H and O–H groups in total. The fourth-order valence-corrected chi connectivity index (χ4v) is 2.48. The van der Waals surface area contributed by atoms with E-state index in [0.29, 0.717) is 6.54 Å². The zero-order chi connectivity index (χ0) is 14.0. The Morgan fingerprint density at radius 3 is 2.68 bits per heavy atom. The van der Waals surface area contributed by atoms with Gasteiger partial charge in [-0.15, -0.1) is 0 Å². The molecular formula is C14H18F2N2O. The van der Waals surface area contributed by atoms with Crippen molar-refractivity contribution in [2.45, 2.75) is 38.6 Å². The second-order valence-corrected chi connectivity index (χ2v) is 5.05. The van der Waals surface area contributed by atoms with E-state index >= 15 is 0 Å². The molecule has 1 aromatic carbocycles. The molecule has 104 valence electrons. The molecule has 3 nitrogen and oxygen atoms in total. The van der Waals surface area contributed by atoms with Crippen LogP contribution in [0.3, 0.4) is 0 Å². The number of amides is 1. The van der Waals surface area contributed by atoms with Gasteiger partial charge in [-0.2, -0.15) is 0 Å². The molecule has 1 atom stereocenters. The molecule has 1 fully saturated rings. The number of nitrogen functional groups attached to an aromatic ring is 1. The highest BCUT2D eigenvalue weighted by molar-refractivity contribution is 5.99. The smallest absolute Gasteiger partial charge is 0.256 e. The Labute approximate surface area is 111 Å². The molecule has 1 aliphatic heterocycles. The molecule has 1 aromatic rings. The van der Waals surface area contributed by atoms with Crippen LogP contribution in [-0.4, -0.2) is 23.4 Å². The monoisotopic (exact) mass is 268 g/mol. The minimum atomic E-state index is -1.04. The van der Waals surface area contributed by atoms with Gasteiger partial charge in [0.1, 0.15) is 0 Å². The van der Waals surface area contributed by atoms with Crippen LogP contribution in [0.4, 0.5) is 14.5 Å². The maximum Gasteiger partial charge on any atom is 0.256 e. The summed E-state index contributed by atoms with van der Waals surface area (Å²) >= 11 is 0. The molecule has 0 radical (unpaired) electrons. The first-order valence-electron chi connectivity index (χ1n) is 6.56. The van der Waals surface area contributed by atoms with Crippen molar-refractivity contribution in [2.75, 3.05) is 12.3 Å². The van der Waals surface area contributed by atoms with Crippen LogP contribution in [0, 0.1) is 11.6 Å². The Kier molecular flexibility index (Phi) is 4.02. The number of anilines is 1. The van der Waals surface area contributed by atoms with Gasteiger partial charge in [0.15, 0.2) is 11.6 Å². The highest BCUT2D eigenvalue weighted by Crippen LogP contribution is 2.23. The number of hydrogen-bond acceptors (Lipinski definition) is 2. The molecule has 1 aliphatic rings. The molecule has 2 rings (SSSR count). The van der Waals surface area contributed by atoms with Crippen LogP contribution in [0.2, 0.25) is 0 Å². The van der Waals surface area contributed by atoms with Gasteiger partial charge in [-0.1, -0.05) is 12.8 Å². The molecule has 1 saturated heterocycles. The minimum absolute atomic E-state index is 0.0136. The van der Waals surface area contributed by atoms with E-state index in [2.05, 4.69) is 0 Å². The summed E-state index contributed by atoms with van der Waals surface area (Å²) in [6.45, 7) is 2.61. The number of likely N-dealkylation sites (tertiary alicyclic amines) is 1. The van der Waals surface area contributed by atoms with E-state index < -0.39 is 11.6 Å². The number of nitrogens with zero attached hydrogens (tertiary/aromatic N) is 1. The third-order valence-electron chi connectivity index (χ3n) is 3.64. The number of halogens is 2. The molecule has 1 amide bonds. The highest BCUT2D eigenvalue weighted by atomic mass is 19.2. The summed E-state index contributed by atoms with van der Waals surface area (Å²) in [4.78, 5) is 14.1. The van der Waals surface area contributed by atoms with E-state index in [9.17, 15) is 13.6 Å². The van der Waals surface area contributed by atoms with E-state index in [4.69, 9.17) is 5.73 Å². The number of benzene rings is 1. The average Bonchev–Trinajstić information content (AvgIpc) is 2.58. The maximum atomic E-state index is 13.3. The first-order valence-corrected chi connectivity index (χ1v) is 6.56. The summed E-state index contributed by atoms with van der Waals surface area (Å²) in [6.07, 6.45) is 4.02. The minimum Gasteiger partial charge on any atom is -0.398 e. The molecule has 0 spiro atoms. The zero-order valence-corrected chi connectivity index (χ0v) is 11.0. The Hall–Kier alpha value is -1.65. The molecular weight excluding hydrogens is 250 g/mol. The summed E-state index contributed by atoms with van der Waals surface area (Å²) in [5, 5.41) is 0. The normalized spacial score (nSPS) is 20.2. The number of nitrogens with two attached hydrogens (primary N) is 1. The van der Waals surface area contributed by atoms with Gasteiger partial charge >= 0.3 is 0 Å². The van der Waals surface area contributed by atoms with E-state index in [-0.39, 0.29) is 23.2 Å². The Morgan fingerprint density at radius 1 is 1.26 bits per heavy atom. The van der Waals surface area contributed by atoms with Gasteiger partial charge in [0, 0.05) is 24.3 Å². The lowest BCUT2D eigenvalue weighted by atomic mass is 10.1. The zero-order valence-electron chi connectivity index (χ0n) is 11.0. The lowest BCUT2D eigenvalue weighted by Gasteiger charge is -2.27. The summed E-state index contributed by atoms with van der Waals surface area (Å²) in [5.41, 5.74) is 5.66. The van der Waals surface area contributed by atoms with Gasteiger partial charge in [-0.25, -0.2) is 8.78 Å². The molecule has 0 aromatic heterocycles. The van der Waals surface area contributed by atoms with Crippen molar-refractivity contribution in [3.63, 3.8) is 0 Å². The second-order valence-electron chi connectivity index (χ2n) is 5.05. The molecule has 0 saturated carbocycles. The predicted molar refractivity (Wildman–Crippen MR) is 69.7 cm³/mol. The fraction of sp³-hybridized carbons (Fsp3) is 0.500. The van der Waals surface area contributed by atoms with Crippen LogP contribution in [0.5, 0.6) is 0 Å². The van der Waals surface area contributed by atoms with Gasteiger partial charge in [0.2, 0.25) is 0 Å². The third kappa shape index (κ3) is 2.85. The largest absolute Gasteiger partial charge is 0.398 e. The van der Waals surface area contributed by atoms with Crippen LogP contribution >= 0.6 is 0 Å². The van der Waals surface area contributed by atoms with E-state index in [1.807, 2.05) is 6.92 Å². The van der Waals surface area contributed by atoms with Crippen LogP contribution in [-0.2, 0) is 0 Å². The second kappa shape index (κ2) is 5.55. The van der Waals surface area contributed by atoms with Crippen molar-refractivity contribution in [2.24, 2.45) is 0 Å². The van der Waals surface area contributed by atoms with Crippen molar-refractivity contribution in [3.8, 4) is 0 Å². The third-order valence-corrected chi connectivity index (χ3v) is 3.64. The summed E-state index contributed by atoms with van der Waals surface area (Å²) < 4.78 is 26.3. The van der Waals surface area contributed by atoms with Crippen molar-refractivity contribution in [3.05, 3.63) is 29.3 Å². The van der Waals surface area contributed by atoms with E-state index in [1.165, 1.54) is 0 Å². The fourth-order valence-electron chi connectivity index (χ4n) is 2.48. The summed E-state index contributed by atoms with van der Waals surface area (Å²) in [7, 11) is 0. The number of carbonyl (C=O) groups excluding carboxylic acids is 1. The van der Waals surface area contributed by atoms with Crippen LogP contribution in [0.15, 0.2) is 12.1 Å². The van der Waals surface area contributed by atoms with Crippen LogP contribution in [0.1, 0.15) is 43.0 Å². The van der Waals surface area contributed by atoms with Gasteiger partial charge < -0.3 is 10.6 Å². The summed E-state index contributed by atoms with van der Waals surface area (Å²) in [6, 6.07) is 1.86. The van der Waals surface area contributed by atoms with Gasteiger partial charge in [0.05, 0.1) is 5.56 Å². The topological polar surface area (TPSA) is 46.3 Å². The van der Waals surface area contributed by atoms with Gasteiger partial charge in [-0.05, 0) is 25.8 Å². The van der Waals surface area contributed by atoms with Crippen LogP contribution < -0.4 is 5.73 Å². The Balaban J connectivity index is 2.30. The SMILES string of the molecule is CC1CCCCCN1C(=O)c1cc(F)c(F)cc1N. The molecule has 1 unspecified atom stereocenters. The Bertz CT molecular complexity index is 491. The average molecular weight is 268 g/mol. The van der Waals surface area contributed by atoms with Gasteiger partial charge in [0.25, 0.3) is 5.91 Å². The number of rotatable bonds is 1. The van der Waals surface area contributed by atoms with Crippen molar-refractivity contribution >= 4 is 11.6 Å². The predicted octanol–water partition coefficient (Wildman–Crippen LogP) is 2.95. The lowest BCUT2D eigenvalue weighted by Crippen LogP contribution is -2.38. The summed E-state index contributed by atoms with van der Waals surface area (Å²) in [5.74, 6) is -2.39. The maximum absolute atomic E-state index is 13.3. The molecule has 1 heterocycles. The van der Waals surface area contributed by atoms with Crippen molar-refractivity contribution in [1.82, 2.24) is 4.90 Å². The van der Waals surface area contributed by atoms with Crippen molar-refractivity contribution < 1.29 is 13.6 Å². The molecule has 19 heavy (non-hydrogen) atoms. The number of hydrogen-bond donors (Lipinski definition) is 1. The number of carbonyl (C=O) groups is 1. The van der Waals surface area contributed by atoms with Crippen LogP contribution in [0.25, 0.3) is 0 Å².